The summed E-state index contributed by atoms with van der Waals surface area (Å²) in [4.78, 5) is 12.2. The van der Waals surface area contributed by atoms with Crippen LogP contribution >= 0.6 is 12.4 Å². The quantitative estimate of drug-likeness (QED) is 0.772. The predicted octanol–water partition coefficient (Wildman–Crippen LogP) is 3.69. The van der Waals surface area contributed by atoms with E-state index in [0.29, 0.717) is 12.3 Å². The van der Waals surface area contributed by atoms with Crippen LogP contribution in [0.3, 0.4) is 0 Å². The standard InChI is InChI=1S/C20H24N2O3.ClH/c21-19(15-6-2-1-3-7-15)13-20(23)22-16-8-4-9-17(12-16)25-14-18-10-5-11-24-18;/h1-4,6-9,12,18-19H,5,10-11,13-14,21H2,(H,22,23);1H. The Kier molecular flexibility index (Phi) is 7.91. The van der Waals surface area contributed by atoms with E-state index < -0.39 is 0 Å². The van der Waals surface area contributed by atoms with E-state index in [1.807, 2.05) is 54.6 Å². The third kappa shape index (κ3) is 6.02. The van der Waals surface area contributed by atoms with Crippen LogP contribution in [0.15, 0.2) is 54.6 Å². The van der Waals surface area contributed by atoms with E-state index in [1.54, 1.807) is 0 Å². The fourth-order valence-corrected chi connectivity index (χ4v) is 2.86. The number of amides is 1. The molecule has 2 aromatic rings. The molecule has 0 radical (unpaired) electrons. The fraction of sp³-hybridized carbons (Fsp3) is 0.350. The fourth-order valence-electron chi connectivity index (χ4n) is 2.86. The maximum Gasteiger partial charge on any atom is 0.226 e. The molecule has 0 aliphatic carbocycles. The van der Waals surface area contributed by atoms with Crippen LogP contribution in [0, 0.1) is 0 Å². The SMILES string of the molecule is Cl.NC(CC(=O)Nc1cccc(OCC2CCCO2)c1)c1ccccc1. The molecule has 2 aromatic carbocycles. The van der Waals surface area contributed by atoms with Gasteiger partial charge in [0, 0.05) is 30.8 Å². The molecular formula is C20H25ClN2O3. The highest BCUT2D eigenvalue weighted by Gasteiger charge is 2.16. The largest absolute Gasteiger partial charge is 0.491 e. The predicted molar refractivity (Wildman–Crippen MR) is 105 cm³/mol. The second-order valence-electron chi connectivity index (χ2n) is 6.24. The number of ether oxygens (including phenoxy) is 2. The minimum absolute atomic E-state index is 0. The molecule has 2 unspecified atom stereocenters. The molecule has 6 heteroatoms. The molecule has 1 saturated heterocycles. The van der Waals surface area contributed by atoms with Crippen LogP contribution in [-0.2, 0) is 9.53 Å². The lowest BCUT2D eigenvalue weighted by Crippen LogP contribution is -2.20. The van der Waals surface area contributed by atoms with Crippen molar-refractivity contribution < 1.29 is 14.3 Å². The van der Waals surface area contributed by atoms with Crippen molar-refractivity contribution >= 4 is 24.0 Å². The van der Waals surface area contributed by atoms with Gasteiger partial charge in [0.15, 0.2) is 0 Å². The summed E-state index contributed by atoms with van der Waals surface area (Å²) >= 11 is 0. The Morgan fingerprint density at radius 2 is 2.04 bits per heavy atom. The lowest BCUT2D eigenvalue weighted by Gasteiger charge is -2.14. The molecule has 2 atom stereocenters. The zero-order chi connectivity index (χ0) is 17.5. The van der Waals surface area contributed by atoms with Crippen LogP contribution in [0.2, 0.25) is 0 Å². The van der Waals surface area contributed by atoms with E-state index >= 15 is 0 Å². The lowest BCUT2D eigenvalue weighted by atomic mass is 10.0. The van der Waals surface area contributed by atoms with Crippen molar-refractivity contribution in [3.63, 3.8) is 0 Å². The molecule has 0 saturated carbocycles. The topological polar surface area (TPSA) is 73.6 Å². The van der Waals surface area contributed by atoms with Gasteiger partial charge >= 0.3 is 0 Å². The summed E-state index contributed by atoms with van der Waals surface area (Å²) in [6.07, 6.45) is 2.52. The molecule has 1 aliphatic heterocycles. The number of rotatable bonds is 7. The zero-order valence-electron chi connectivity index (χ0n) is 14.6. The van der Waals surface area contributed by atoms with E-state index in [4.69, 9.17) is 15.2 Å². The Labute approximate surface area is 160 Å². The summed E-state index contributed by atoms with van der Waals surface area (Å²) in [6, 6.07) is 16.7. The first-order valence-electron chi connectivity index (χ1n) is 8.65. The third-order valence-corrected chi connectivity index (χ3v) is 4.21. The summed E-state index contributed by atoms with van der Waals surface area (Å²) in [7, 11) is 0. The van der Waals surface area contributed by atoms with Crippen LogP contribution in [-0.4, -0.2) is 25.2 Å². The highest BCUT2D eigenvalue weighted by atomic mass is 35.5. The van der Waals surface area contributed by atoms with Crippen molar-refractivity contribution in [3.05, 3.63) is 60.2 Å². The van der Waals surface area contributed by atoms with Crippen LogP contribution < -0.4 is 15.8 Å². The summed E-state index contributed by atoms with van der Waals surface area (Å²) in [5.41, 5.74) is 7.75. The van der Waals surface area contributed by atoms with Gasteiger partial charge in [-0.2, -0.15) is 0 Å². The first kappa shape index (κ1) is 20.2. The summed E-state index contributed by atoms with van der Waals surface area (Å²) in [5.74, 6) is 0.605. The number of carbonyl (C=O) groups is 1. The average molecular weight is 377 g/mol. The minimum Gasteiger partial charge on any atom is -0.491 e. The van der Waals surface area contributed by atoms with Crippen LogP contribution in [0.4, 0.5) is 5.69 Å². The van der Waals surface area contributed by atoms with Gasteiger partial charge in [-0.1, -0.05) is 36.4 Å². The molecule has 1 amide bonds. The van der Waals surface area contributed by atoms with E-state index in [0.717, 1.165) is 30.8 Å². The van der Waals surface area contributed by atoms with Gasteiger partial charge < -0.3 is 20.5 Å². The van der Waals surface area contributed by atoms with Gasteiger partial charge in [0.2, 0.25) is 5.91 Å². The van der Waals surface area contributed by atoms with Crippen molar-refractivity contribution in [1.29, 1.82) is 0 Å². The Bertz CT molecular complexity index is 690. The summed E-state index contributed by atoms with van der Waals surface area (Å²) in [5, 5.41) is 2.88. The molecule has 3 rings (SSSR count). The number of carbonyl (C=O) groups excluding carboxylic acids is 1. The smallest absolute Gasteiger partial charge is 0.226 e. The van der Waals surface area contributed by atoms with Crippen molar-refractivity contribution in [2.24, 2.45) is 5.73 Å². The van der Waals surface area contributed by atoms with Gasteiger partial charge in [0.1, 0.15) is 12.4 Å². The monoisotopic (exact) mass is 376 g/mol. The molecule has 0 aromatic heterocycles. The number of halogens is 1. The Hall–Kier alpha value is -2.08. The second kappa shape index (κ2) is 10.2. The number of hydrogen-bond acceptors (Lipinski definition) is 4. The molecule has 26 heavy (non-hydrogen) atoms. The highest BCUT2D eigenvalue weighted by Crippen LogP contribution is 2.21. The van der Waals surface area contributed by atoms with Crippen LogP contribution in [0.1, 0.15) is 30.9 Å². The van der Waals surface area contributed by atoms with Crippen molar-refractivity contribution in [2.75, 3.05) is 18.5 Å². The van der Waals surface area contributed by atoms with Crippen molar-refractivity contribution in [1.82, 2.24) is 0 Å². The molecule has 1 fully saturated rings. The molecule has 5 nitrogen and oxygen atoms in total. The molecule has 140 valence electrons. The maximum absolute atomic E-state index is 12.2. The van der Waals surface area contributed by atoms with Crippen LogP contribution in [0.25, 0.3) is 0 Å². The van der Waals surface area contributed by atoms with E-state index in [2.05, 4.69) is 5.32 Å². The molecule has 0 bridgehead atoms. The lowest BCUT2D eigenvalue weighted by molar-refractivity contribution is -0.116. The highest BCUT2D eigenvalue weighted by molar-refractivity contribution is 5.91. The van der Waals surface area contributed by atoms with E-state index in [-0.39, 0.29) is 36.9 Å². The number of hydrogen-bond donors (Lipinski definition) is 2. The van der Waals surface area contributed by atoms with Gasteiger partial charge in [0.25, 0.3) is 0 Å². The van der Waals surface area contributed by atoms with E-state index in [9.17, 15) is 4.79 Å². The Morgan fingerprint density at radius 1 is 1.23 bits per heavy atom. The summed E-state index contributed by atoms with van der Waals surface area (Å²) in [6.45, 7) is 1.35. The second-order valence-corrected chi connectivity index (χ2v) is 6.24. The van der Waals surface area contributed by atoms with Crippen LogP contribution in [0.5, 0.6) is 5.75 Å². The normalized spacial score (nSPS) is 17.2. The molecule has 1 aliphatic rings. The van der Waals surface area contributed by atoms with Gasteiger partial charge in [-0.3, -0.25) is 4.79 Å². The first-order chi connectivity index (χ1) is 12.2. The summed E-state index contributed by atoms with van der Waals surface area (Å²) < 4.78 is 11.3. The number of benzene rings is 2. The minimum atomic E-state index is -0.319. The van der Waals surface area contributed by atoms with E-state index in [1.165, 1.54) is 0 Å². The van der Waals surface area contributed by atoms with Gasteiger partial charge in [-0.25, -0.2) is 0 Å². The molecular weight excluding hydrogens is 352 g/mol. The van der Waals surface area contributed by atoms with Crippen molar-refractivity contribution in [3.8, 4) is 5.75 Å². The first-order valence-corrected chi connectivity index (χ1v) is 8.65. The van der Waals surface area contributed by atoms with Gasteiger partial charge in [-0.05, 0) is 30.5 Å². The third-order valence-electron chi connectivity index (χ3n) is 4.21. The number of anilines is 1. The average Bonchev–Trinajstić information content (AvgIpc) is 3.14. The molecule has 0 spiro atoms. The Balaban J connectivity index is 0.00000243. The number of nitrogens with one attached hydrogen (secondary N) is 1. The van der Waals surface area contributed by atoms with Gasteiger partial charge in [0.05, 0.1) is 6.10 Å². The van der Waals surface area contributed by atoms with Gasteiger partial charge in [-0.15, -0.1) is 12.4 Å². The van der Waals surface area contributed by atoms with Crippen molar-refractivity contribution in [2.45, 2.75) is 31.4 Å². The molecule has 3 N–H and O–H groups in total. The number of nitrogens with two attached hydrogens (primary N) is 1. The maximum atomic E-state index is 12.2. The zero-order valence-corrected chi connectivity index (χ0v) is 15.4. The molecule has 1 heterocycles. The Morgan fingerprint density at radius 3 is 2.77 bits per heavy atom.